The average Bonchev–Trinajstić information content (AvgIpc) is 3.13. The summed E-state index contributed by atoms with van der Waals surface area (Å²) in [5, 5.41) is 2.91. The van der Waals surface area contributed by atoms with Crippen LogP contribution in [0.15, 0.2) is 30.3 Å². The Kier molecular flexibility index (Phi) is 4.34. The van der Waals surface area contributed by atoms with E-state index in [-0.39, 0.29) is 12.0 Å². The minimum atomic E-state index is -0.382. The minimum absolute atomic E-state index is 0.155. The monoisotopic (exact) mass is 330 g/mol. The second-order valence-electron chi connectivity index (χ2n) is 5.31. The van der Waals surface area contributed by atoms with Crippen LogP contribution in [0.4, 0.5) is 16.2 Å². The van der Waals surface area contributed by atoms with Crippen LogP contribution in [-0.4, -0.2) is 25.2 Å². The minimum Gasteiger partial charge on any atom is -0.447 e. The topological polar surface area (TPSA) is 58.6 Å². The van der Waals surface area contributed by atoms with Crippen LogP contribution < -0.4 is 10.2 Å². The van der Waals surface area contributed by atoms with Crippen molar-refractivity contribution in [2.45, 2.75) is 20.3 Å². The third-order valence-corrected chi connectivity index (χ3v) is 5.15. The van der Waals surface area contributed by atoms with E-state index in [9.17, 15) is 9.59 Å². The number of aryl methyl sites for hydroxylation is 2. The largest absolute Gasteiger partial charge is 0.447 e. The molecule has 1 aliphatic rings. The summed E-state index contributed by atoms with van der Waals surface area (Å²) in [5.41, 5.74) is 2.41. The Morgan fingerprint density at radius 1 is 1.39 bits per heavy atom. The molecule has 1 N–H and O–H groups in total. The lowest BCUT2D eigenvalue weighted by Crippen LogP contribution is -2.25. The maximum Gasteiger partial charge on any atom is 0.414 e. The Morgan fingerprint density at radius 2 is 2.17 bits per heavy atom. The molecule has 5 nitrogen and oxygen atoms in total. The molecule has 1 aromatic heterocycles. The van der Waals surface area contributed by atoms with E-state index in [1.54, 1.807) is 12.1 Å². The second kappa shape index (κ2) is 6.42. The Balaban J connectivity index is 1.85. The molecular weight excluding hydrogens is 312 g/mol. The molecule has 0 unspecified atom stereocenters. The number of thiophene rings is 1. The van der Waals surface area contributed by atoms with Gasteiger partial charge in [0.05, 0.1) is 22.8 Å². The first-order valence-electron chi connectivity index (χ1n) is 7.54. The second-order valence-corrected chi connectivity index (χ2v) is 6.44. The fraction of sp³-hybridized carbons (Fsp3) is 0.294. The van der Waals surface area contributed by atoms with Gasteiger partial charge in [-0.25, -0.2) is 4.79 Å². The highest BCUT2D eigenvalue weighted by Crippen LogP contribution is 2.29. The number of anilines is 2. The number of para-hydroxylation sites is 2. The molecule has 6 heteroatoms. The van der Waals surface area contributed by atoms with Gasteiger partial charge in [0.25, 0.3) is 5.91 Å². The van der Waals surface area contributed by atoms with Gasteiger partial charge in [-0.1, -0.05) is 19.1 Å². The van der Waals surface area contributed by atoms with Crippen molar-refractivity contribution in [3.8, 4) is 0 Å². The van der Waals surface area contributed by atoms with Crippen molar-refractivity contribution in [3.05, 3.63) is 45.6 Å². The molecule has 1 aromatic carbocycles. The molecule has 0 aliphatic carbocycles. The van der Waals surface area contributed by atoms with Gasteiger partial charge in [0, 0.05) is 4.88 Å². The first kappa shape index (κ1) is 15.6. The standard InChI is InChI=1S/C17H18N2O3S/c1-3-14-11(2)10-15(23-14)16(20)18-12-6-4-5-7-13(12)19-8-9-22-17(19)21/h4-7,10H,3,8-9H2,1-2H3,(H,18,20). The van der Waals surface area contributed by atoms with Crippen molar-refractivity contribution in [2.24, 2.45) is 0 Å². The van der Waals surface area contributed by atoms with Crippen molar-refractivity contribution in [1.82, 2.24) is 0 Å². The van der Waals surface area contributed by atoms with E-state index in [0.717, 1.165) is 12.0 Å². The van der Waals surface area contributed by atoms with Crippen LogP contribution in [0.5, 0.6) is 0 Å². The molecule has 120 valence electrons. The third-order valence-electron chi connectivity index (χ3n) is 3.77. The smallest absolute Gasteiger partial charge is 0.414 e. The maximum absolute atomic E-state index is 12.5. The summed E-state index contributed by atoms with van der Waals surface area (Å²) in [4.78, 5) is 27.7. The number of hydrogen-bond donors (Lipinski definition) is 1. The summed E-state index contributed by atoms with van der Waals surface area (Å²) < 4.78 is 4.97. The Hall–Kier alpha value is -2.34. The molecule has 0 spiro atoms. The normalized spacial score (nSPS) is 14.0. The number of cyclic esters (lactones) is 1. The number of rotatable bonds is 4. The SMILES string of the molecule is CCc1sc(C(=O)Nc2ccccc2N2CCOC2=O)cc1C. The van der Waals surface area contributed by atoms with Gasteiger partial charge >= 0.3 is 6.09 Å². The fourth-order valence-corrected chi connectivity index (χ4v) is 3.60. The number of carbonyl (C=O) groups excluding carboxylic acids is 2. The molecule has 2 amide bonds. The zero-order chi connectivity index (χ0) is 16.4. The molecule has 0 saturated carbocycles. The highest BCUT2D eigenvalue weighted by atomic mass is 32.1. The lowest BCUT2D eigenvalue weighted by atomic mass is 10.2. The summed E-state index contributed by atoms with van der Waals surface area (Å²) >= 11 is 1.51. The molecule has 1 fully saturated rings. The summed E-state index contributed by atoms with van der Waals surface area (Å²) in [6.45, 7) is 4.95. The Bertz CT molecular complexity index is 754. The zero-order valence-electron chi connectivity index (χ0n) is 13.1. The molecule has 2 heterocycles. The maximum atomic E-state index is 12.5. The summed E-state index contributed by atoms with van der Waals surface area (Å²) in [6, 6.07) is 9.17. The molecular formula is C17H18N2O3S. The molecule has 3 rings (SSSR count). The molecule has 0 bridgehead atoms. The number of benzene rings is 1. The molecule has 23 heavy (non-hydrogen) atoms. The first-order chi connectivity index (χ1) is 11.1. The van der Waals surface area contributed by atoms with Crippen molar-refractivity contribution >= 4 is 34.7 Å². The summed E-state index contributed by atoms with van der Waals surface area (Å²) in [6.07, 6.45) is 0.534. The predicted octanol–water partition coefficient (Wildman–Crippen LogP) is 3.83. The predicted molar refractivity (Wildman–Crippen MR) is 91.5 cm³/mol. The van der Waals surface area contributed by atoms with E-state index < -0.39 is 0 Å². The average molecular weight is 330 g/mol. The van der Waals surface area contributed by atoms with Gasteiger partial charge in [0.15, 0.2) is 0 Å². The van der Waals surface area contributed by atoms with E-state index in [1.165, 1.54) is 21.1 Å². The van der Waals surface area contributed by atoms with Gasteiger partial charge in [-0.15, -0.1) is 11.3 Å². The van der Waals surface area contributed by atoms with Gasteiger partial charge in [-0.2, -0.15) is 0 Å². The molecule has 0 radical (unpaired) electrons. The number of amides is 2. The van der Waals surface area contributed by atoms with Gasteiger partial charge in [-0.05, 0) is 37.1 Å². The van der Waals surface area contributed by atoms with E-state index >= 15 is 0 Å². The Morgan fingerprint density at radius 3 is 2.83 bits per heavy atom. The highest BCUT2D eigenvalue weighted by Gasteiger charge is 2.26. The van der Waals surface area contributed by atoms with Gasteiger partial charge < -0.3 is 10.1 Å². The van der Waals surface area contributed by atoms with E-state index in [1.807, 2.05) is 25.1 Å². The molecule has 1 aliphatic heterocycles. The summed E-state index contributed by atoms with van der Waals surface area (Å²) in [5.74, 6) is -0.155. The van der Waals surface area contributed by atoms with Crippen LogP contribution >= 0.6 is 11.3 Å². The fourth-order valence-electron chi connectivity index (χ4n) is 2.59. The van der Waals surface area contributed by atoms with Crippen LogP contribution in [0.25, 0.3) is 0 Å². The number of carbonyl (C=O) groups is 2. The number of nitrogens with one attached hydrogen (secondary N) is 1. The quantitative estimate of drug-likeness (QED) is 0.927. The van der Waals surface area contributed by atoms with Crippen molar-refractivity contribution < 1.29 is 14.3 Å². The van der Waals surface area contributed by atoms with Gasteiger partial charge in [0.2, 0.25) is 0 Å². The van der Waals surface area contributed by atoms with Crippen LogP contribution in [-0.2, 0) is 11.2 Å². The molecule has 0 atom stereocenters. The van der Waals surface area contributed by atoms with Crippen molar-refractivity contribution in [1.29, 1.82) is 0 Å². The Labute approximate surface area is 138 Å². The molecule has 1 saturated heterocycles. The van der Waals surface area contributed by atoms with Crippen LogP contribution in [0.2, 0.25) is 0 Å². The van der Waals surface area contributed by atoms with Gasteiger partial charge in [-0.3, -0.25) is 9.69 Å². The lowest BCUT2D eigenvalue weighted by molar-refractivity contribution is 0.103. The summed E-state index contributed by atoms with van der Waals surface area (Å²) in [7, 11) is 0. The zero-order valence-corrected chi connectivity index (χ0v) is 13.9. The highest BCUT2D eigenvalue weighted by molar-refractivity contribution is 7.14. The van der Waals surface area contributed by atoms with E-state index in [4.69, 9.17) is 4.74 Å². The first-order valence-corrected chi connectivity index (χ1v) is 8.35. The number of hydrogen-bond acceptors (Lipinski definition) is 4. The van der Waals surface area contributed by atoms with Gasteiger partial charge in [0.1, 0.15) is 6.61 Å². The van der Waals surface area contributed by atoms with E-state index in [0.29, 0.717) is 29.4 Å². The van der Waals surface area contributed by atoms with Crippen LogP contribution in [0.1, 0.15) is 27.0 Å². The van der Waals surface area contributed by atoms with Crippen LogP contribution in [0.3, 0.4) is 0 Å². The third kappa shape index (κ3) is 3.07. The molecule has 2 aromatic rings. The van der Waals surface area contributed by atoms with Crippen LogP contribution in [0, 0.1) is 6.92 Å². The number of ether oxygens (including phenoxy) is 1. The van der Waals surface area contributed by atoms with Crippen molar-refractivity contribution in [2.75, 3.05) is 23.4 Å². The van der Waals surface area contributed by atoms with Crippen molar-refractivity contribution in [3.63, 3.8) is 0 Å². The lowest BCUT2D eigenvalue weighted by Gasteiger charge is -2.17. The van der Waals surface area contributed by atoms with E-state index in [2.05, 4.69) is 12.2 Å². The number of nitrogens with zero attached hydrogens (tertiary/aromatic N) is 1.